The van der Waals surface area contributed by atoms with E-state index in [1.807, 2.05) is 6.92 Å². The average molecular weight is 425 g/mol. The van der Waals surface area contributed by atoms with E-state index in [2.05, 4.69) is 26.0 Å². The Kier molecular flexibility index (Phi) is 5.33. The van der Waals surface area contributed by atoms with E-state index in [1.54, 1.807) is 0 Å². The normalized spacial score (nSPS) is 44.7. The third-order valence-corrected chi connectivity index (χ3v) is 9.11. The maximum absolute atomic E-state index is 12.6. The van der Waals surface area contributed by atoms with Gasteiger partial charge in [-0.2, -0.15) is 13.2 Å². The number of alkyl halides is 3. The maximum atomic E-state index is 12.6. The van der Waals surface area contributed by atoms with Crippen molar-refractivity contribution in [2.24, 2.45) is 28.6 Å². The molecule has 0 saturated heterocycles. The number of allylic oxidation sites excluding steroid dienone is 4. The quantitative estimate of drug-likeness (QED) is 0.537. The summed E-state index contributed by atoms with van der Waals surface area (Å²) in [4.78, 5) is 0. The molecule has 0 spiro atoms. The molecule has 2 saturated carbocycles. The molecular weight excluding hydrogens is 389 g/mol. The van der Waals surface area contributed by atoms with Gasteiger partial charge in [-0.3, -0.25) is 0 Å². The van der Waals surface area contributed by atoms with Crippen LogP contribution in [-0.4, -0.2) is 28.1 Å². The number of hydrogen-bond acceptors (Lipinski definition) is 2. The second-order valence-corrected chi connectivity index (χ2v) is 11.0. The molecule has 4 rings (SSSR count). The monoisotopic (exact) mass is 424 g/mol. The molecule has 2 nitrogen and oxygen atoms in total. The van der Waals surface area contributed by atoms with Crippen molar-refractivity contribution in [3.8, 4) is 0 Å². The van der Waals surface area contributed by atoms with Crippen molar-refractivity contribution in [1.82, 2.24) is 0 Å². The van der Waals surface area contributed by atoms with Gasteiger partial charge in [-0.15, -0.1) is 0 Å². The second kappa shape index (κ2) is 7.23. The molecule has 4 aliphatic carbocycles. The van der Waals surface area contributed by atoms with Crippen molar-refractivity contribution in [3.63, 3.8) is 0 Å². The van der Waals surface area contributed by atoms with Gasteiger partial charge in [0.15, 0.2) is 6.10 Å². The van der Waals surface area contributed by atoms with Crippen LogP contribution in [-0.2, 0) is 0 Å². The topological polar surface area (TPSA) is 40.5 Å². The number of fused-ring (bicyclic) bond motifs is 5. The van der Waals surface area contributed by atoms with E-state index in [-0.39, 0.29) is 10.8 Å². The number of aliphatic hydroxyl groups excluding tert-OH is 1. The SMILES string of the molecule is C[C@]1(O)CC[C@@]2(C)C(=CC[C@@H]3[C@@H]2CC[C@]2(C)C(C/C=C/C(O)C(F)(F)F)=CC[C@@H]32)C1. The molecule has 1 unspecified atom stereocenters. The Balaban J connectivity index is 1.50. The van der Waals surface area contributed by atoms with E-state index in [0.29, 0.717) is 24.2 Å². The lowest BCUT2D eigenvalue weighted by Crippen LogP contribution is -2.51. The Labute approximate surface area is 177 Å². The highest BCUT2D eigenvalue weighted by Crippen LogP contribution is 2.65. The number of aliphatic hydroxyl groups is 2. The molecule has 0 aromatic rings. The second-order valence-electron chi connectivity index (χ2n) is 11.0. The number of halogens is 3. The zero-order chi connectivity index (χ0) is 21.9. The molecular formula is C25H35F3O2. The summed E-state index contributed by atoms with van der Waals surface area (Å²) in [6.07, 6.45) is 7.46. The minimum absolute atomic E-state index is 0.0382. The van der Waals surface area contributed by atoms with Crippen molar-refractivity contribution >= 4 is 0 Å². The summed E-state index contributed by atoms with van der Waals surface area (Å²) in [5.41, 5.74) is 2.31. The van der Waals surface area contributed by atoms with Crippen LogP contribution in [0.2, 0.25) is 0 Å². The summed E-state index contributed by atoms with van der Waals surface area (Å²) in [5, 5.41) is 19.8. The van der Waals surface area contributed by atoms with Gasteiger partial charge in [-0.05, 0) is 86.9 Å². The van der Waals surface area contributed by atoms with Crippen LogP contribution in [0.5, 0.6) is 0 Å². The van der Waals surface area contributed by atoms with Gasteiger partial charge in [0.2, 0.25) is 0 Å². The molecule has 7 atom stereocenters. The average Bonchev–Trinajstić information content (AvgIpc) is 2.98. The Morgan fingerprint density at radius 1 is 1.07 bits per heavy atom. The van der Waals surface area contributed by atoms with Gasteiger partial charge < -0.3 is 10.2 Å². The fourth-order valence-electron chi connectivity index (χ4n) is 7.21. The third-order valence-electron chi connectivity index (χ3n) is 9.11. The first-order valence-electron chi connectivity index (χ1n) is 11.4. The molecule has 0 amide bonds. The van der Waals surface area contributed by atoms with Crippen molar-refractivity contribution in [2.75, 3.05) is 0 Å². The Hall–Kier alpha value is -1.07. The molecule has 0 aromatic heterocycles. The Bertz CT molecular complexity index is 778. The van der Waals surface area contributed by atoms with Gasteiger partial charge in [0.05, 0.1) is 5.60 Å². The number of rotatable bonds is 3. The highest BCUT2D eigenvalue weighted by atomic mass is 19.4. The fourth-order valence-corrected chi connectivity index (χ4v) is 7.21. The molecule has 2 N–H and O–H groups in total. The summed E-state index contributed by atoms with van der Waals surface area (Å²) in [6.45, 7) is 6.65. The van der Waals surface area contributed by atoms with E-state index in [4.69, 9.17) is 0 Å². The molecule has 0 aromatic carbocycles. The molecule has 168 valence electrons. The van der Waals surface area contributed by atoms with Crippen LogP contribution in [0.1, 0.15) is 72.1 Å². The lowest BCUT2D eigenvalue weighted by molar-refractivity contribution is -0.187. The largest absolute Gasteiger partial charge is 0.417 e. The van der Waals surface area contributed by atoms with E-state index in [9.17, 15) is 23.4 Å². The Morgan fingerprint density at radius 3 is 2.50 bits per heavy atom. The summed E-state index contributed by atoms with van der Waals surface area (Å²) in [5.74, 6) is 1.75. The van der Waals surface area contributed by atoms with Crippen molar-refractivity contribution < 1.29 is 23.4 Å². The summed E-state index contributed by atoms with van der Waals surface area (Å²) in [7, 11) is 0. The molecule has 30 heavy (non-hydrogen) atoms. The van der Waals surface area contributed by atoms with Gasteiger partial charge in [0.1, 0.15) is 0 Å². The fraction of sp³-hybridized carbons (Fsp3) is 0.760. The smallest absolute Gasteiger partial charge is 0.390 e. The summed E-state index contributed by atoms with van der Waals surface area (Å²) in [6, 6.07) is 0. The van der Waals surface area contributed by atoms with Crippen LogP contribution in [0.25, 0.3) is 0 Å². The first-order valence-corrected chi connectivity index (χ1v) is 11.4. The highest BCUT2D eigenvalue weighted by Gasteiger charge is 2.57. The van der Waals surface area contributed by atoms with Crippen LogP contribution in [0.15, 0.2) is 35.5 Å². The van der Waals surface area contributed by atoms with Crippen LogP contribution in [0, 0.1) is 28.6 Å². The van der Waals surface area contributed by atoms with Crippen LogP contribution in [0.3, 0.4) is 0 Å². The van der Waals surface area contributed by atoms with Crippen LogP contribution in [0.4, 0.5) is 13.2 Å². The predicted octanol–water partition coefficient (Wildman–Crippen LogP) is 6.11. The van der Waals surface area contributed by atoms with Gasteiger partial charge in [0, 0.05) is 0 Å². The Morgan fingerprint density at radius 2 is 1.80 bits per heavy atom. The predicted molar refractivity (Wildman–Crippen MR) is 112 cm³/mol. The van der Waals surface area contributed by atoms with E-state index < -0.39 is 17.9 Å². The standard InChI is InChI=1S/C25H35F3O2/c1-22(30)13-14-24(3)17(15-22)7-9-18-19-10-8-16(23(19,2)12-11-20(18)24)5-4-6-21(29)25(26,27)28/h4,6-8,18-21,29-30H,5,9-15H2,1-3H3/b6-4+/t18-,19-,20-,21?,22-,23+,24-/m0/s1. The molecule has 4 aliphatic rings. The van der Waals surface area contributed by atoms with E-state index in [1.165, 1.54) is 17.2 Å². The van der Waals surface area contributed by atoms with Crippen molar-refractivity contribution in [1.29, 1.82) is 0 Å². The molecule has 0 heterocycles. The van der Waals surface area contributed by atoms with Gasteiger partial charge >= 0.3 is 6.18 Å². The zero-order valence-corrected chi connectivity index (χ0v) is 18.3. The van der Waals surface area contributed by atoms with Gasteiger partial charge in [-0.25, -0.2) is 0 Å². The minimum Gasteiger partial charge on any atom is -0.390 e. The molecule has 0 aliphatic heterocycles. The first kappa shape index (κ1) is 22.1. The lowest BCUT2D eigenvalue weighted by atomic mass is 9.46. The molecule has 0 radical (unpaired) electrons. The maximum Gasteiger partial charge on any atom is 0.417 e. The molecule has 2 fully saturated rings. The zero-order valence-electron chi connectivity index (χ0n) is 18.3. The lowest BCUT2D eigenvalue weighted by Gasteiger charge is -2.58. The van der Waals surface area contributed by atoms with Gasteiger partial charge in [0.25, 0.3) is 0 Å². The van der Waals surface area contributed by atoms with Crippen LogP contribution < -0.4 is 0 Å². The third kappa shape index (κ3) is 3.60. The molecule has 0 bridgehead atoms. The first-order chi connectivity index (χ1) is 13.9. The molecule has 5 heteroatoms. The van der Waals surface area contributed by atoms with E-state index >= 15 is 0 Å². The van der Waals surface area contributed by atoms with E-state index in [0.717, 1.165) is 51.0 Å². The number of hydrogen-bond donors (Lipinski definition) is 2. The van der Waals surface area contributed by atoms with Gasteiger partial charge in [-0.1, -0.05) is 49.3 Å². The summed E-state index contributed by atoms with van der Waals surface area (Å²) >= 11 is 0. The van der Waals surface area contributed by atoms with Crippen LogP contribution >= 0.6 is 0 Å². The van der Waals surface area contributed by atoms with Crippen molar-refractivity contribution in [2.45, 2.75) is 90.0 Å². The minimum atomic E-state index is -4.60. The van der Waals surface area contributed by atoms with Crippen molar-refractivity contribution in [3.05, 3.63) is 35.5 Å². The highest BCUT2D eigenvalue weighted by molar-refractivity contribution is 5.31. The summed E-state index contributed by atoms with van der Waals surface area (Å²) < 4.78 is 37.7.